The van der Waals surface area contributed by atoms with Gasteiger partial charge in [0.05, 0.1) is 9.95 Å². The summed E-state index contributed by atoms with van der Waals surface area (Å²) >= 11 is 11.5. The van der Waals surface area contributed by atoms with Gasteiger partial charge in [-0.15, -0.1) is 0 Å². The van der Waals surface area contributed by atoms with Crippen LogP contribution in [0, 0.1) is 10.1 Å². The summed E-state index contributed by atoms with van der Waals surface area (Å²) in [6, 6.07) is 8.53. The Morgan fingerprint density at radius 1 is 1.10 bits per heavy atom. The molecule has 9 heteroatoms. The highest BCUT2D eigenvalue weighted by Gasteiger charge is 2.21. The van der Waals surface area contributed by atoms with Crippen molar-refractivity contribution in [1.29, 1.82) is 0 Å². The summed E-state index contributed by atoms with van der Waals surface area (Å²) in [5.74, 6) is -0.118. The first-order valence-corrected chi connectivity index (χ1v) is 7.60. The normalized spacial score (nSPS) is 11.1. The number of non-ortho nitro benzene ring substituents is 1. The second-order valence-corrected chi connectivity index (χ2v) is 6.26. The third-order valence-electron chi connectivity index (χ3n) is 2.41. The second-order valence-electron chi connectivity index (χ2n) is 3.87. The fourth-order valence-corrected chi connectivity index (χ4v) is 2.94. The maximum Gasteiger partial charge on any atom is 0.339 e. The predicted molar refractivity (Wildman–Crippen MR) is 77.4 cm³/mol. The van der Waals surface area contributed by atoms with Gasteiger partial charge in [0.15, 0.2) is 5.75 Å². The number of nitrogens with zero attached hydrogens (tertiary/aromatic N) is 1. The zero-order valence-corrected chi connectivity index (χ0v) is 12.5. The Kier molecular flexibility index (Phi) is 4.36. The molecular weight excluding hydrogens is 341 g/mol. The average Bonchev–Trinajstić information content (AvgIpc) is 2.42. The Morgan fingerprint density at radius 3 is 2.43 bits per heavy atom. The highest BCUT2D eigenvalue weighted by Crippen LogP contribution is 2.30. The molecule has 0 heterocycles. The summed E-state index contributed by atoms with van der Waals surface area (Å²) < 4.78 is 29.0. The van der Waals surface area contributed by atoms with Crippen molar-refractivity contribution in [2.45, 2.75) is 4.90 Å². The Balaban J connectivity index is 2.38. The molecule has 0 aromatic heterocycles. The van der Waals surface area contributed by atoms with Crippen LogP contribution in [0.5, 0.6) is 5.75 Å². The topological polar surface area (TPSA) is 86.5 Å². The molecule has 0 unspecified atom stereocenters. The smallest absolute Gasteiger partial charge is 0.339 e. The van der Waals surface area contributed by atoms with E-state index in [-0.39, 0.29) is 21.4 Å². The van der Waals surface area contributed by atoms with E-state index in [1.807, 2.05) is 0 Å². The number of halogens is 2. The molecule has 110 valence electrons. The van der Waals surface area contributed by atoms with Crippen LogP contribution in [0.3, 0.4) is 0 Å². The van der Waals surface area contributed by atoms with Crippen LogP contribution in [0.15, 0.2) is 47.4 Å². The number of nitro benzene ring substituents is 1. The van der Waals surface area contributed by atoms with Crippen LogP contribution in [0.25, 0.3) is 0 Å². The highest BCUT2D eigenvalue weighted by molar-refractivity contribution is 7.87. The first kappa shape index (κ1) is 15.6. The molecule has 0 bridgehead atoms. The number of hydrogen-bond donors (Lipinski definition) is 0. The van der Waals surface area contributed by atoms with Gasteiger partial charge < -0.3 is 4.18 Å². The maximum absolute atomic E-state index is 12.1. The van der Waals surface area contributed by atoms with Gasteiger partial charge in [-0.25, -0.2) is 0 Å². The van der Waals surface area contributed by atoms with Gasteiger partial charge in [0, 0.05) is 17.2 Å². The van der Waals surface area contributed by atoms with E-state index in [0.29, 0.717) is 5.02 Å². The van der Waals surface area contributed by atoms with Gasteiger partial charge in [0.2, 0.25) is 0 Å². The zero-order chi connectivity index (χ0) is 15.6. The zero-order valence-electron chi connectivity index (χ0n) is 10.2. The van der Waals surface area contributed by atoms with E-state index >= 15 is 0 Å². The van der Waals surface area contributed by atoms with E-state index in [4.69, 9.17) is 27.4 Å². The molecule has 0 fully saturated rings. The highest BCUT2D eigenvalue weighted by atomic mass is 35.5. The van der Waals surface area contributed by atoms with E-state index in [9.17, 15) is 18.5 Å². The molecule has 2 rings (SSSR count). The molecule has 0 aliphatic carbocycles. The minimum Gasteiger partial charge on any atom is -0.377 e. The molecule has 0 aliphatic heterocycles. The maximum atomic E-state index is 12.1. The Bertz CT molecular complexity index is 807. The molecule has 21 heavy (non-hydrogen) atoms. The first-order valence-electron chi connectivity index (χ1n) is 5.43. The van der Waals surface area contributed by atoms with Crippen molar-refractivity contribution >= 4 is 39.0 Å². The SMILES string of the molecule is O=[N+]([O-])c1cccc(S(=O)(=O)Oc2ccc(Cl)cc2Cl)c1. The van der Waals surface area contributed by atoms with Crippen LogP contribution in [-0.4, -0.2) is 13.3 Å². The van der Waals surface area contributed by atoms with Gasteiger partial charge in [-0.05, 0) is 24.3 Å². The van der Waals surface area contributed by atoms with Gasteiger partial charge in [-0.1, -0.05) is 29.3 Å². The van der Waals surface area contributed by atoms with Crippen LogP contribution in [-0.2, 0) is 10.1 Å². The predicted octanol–water partition coefficient (Wildman–Crippen LogP) is 3.67. The van der Waals surface area contributed by atoms with Crippen molar-refractivity contribution in [2.75, 3.05) is 0 Å². The van der Waals surface area contributed by atoms with Gasteiger partial charge in [-0.3, -0.25) is 10.1 Å². The van der Waals surface area contributed by atoms with Gasteiger partial charge in [-0.2, -0.15) is 8.42 Å². The summed E-state index contributed by atoms with van der Waals surface area (Å²) in [6.07, 6.45) is 0. The second kappa shape index (κ2) is 5.88. The van der Waals surface area contributed by atoms with E-state index in [1.54, 1.807) is 0 Å². The lowest BCUT2D eigenvalue weighted by Crippen LogP contribution is -2.10. The molecule has 0 spiro atoms. The summed E-state index contributed by atoms with van der Waals surface area (Å²) in [7, 11) is -4.24. The van der Waals surface area contributed by atoms with Crippen molar-refractivity contribution in [3.05, 3.63) is 62.6 Å². The minimum absolute atomic E-state index is 0.0107. The van der Waals surface area contributed by atoms with E-state index in [2.05, 4.69) is 0 Å². The van der Waals surface area contributed by atoms with Crippen molar-refractivity contribution in [2.24, 2.45) is 0 Å². The first-order chi connectivity index (χ1) is 9.79. The van der Waals surface area contributed by atoms with Crippen LogP contribution >= 0.6 is 23.2 Å². The van der Waals surface area contributed by atoms with E-state index in [0.717, 1.165) is 6.07 Å². The number of rotatable bonds is 4. The lowest BCUT2D eigenvalue weighted by atomic mass is 10.3. The summed E-state index contributed by atoms with van der Waals surface area (Å²) in [6.45, 7) is 0. The van der Waals surface area contributed by atoms with Crippen LogP contribution in [0.4, 0.5) is 5.69 Å². The van der Waals surface area contributed by atoms with Crippen LogP contribution in [0.1, 0.15) is 0 Å². The molecule has 2 aromatic rings. The van der Waals surface area contributed by atoms with E-state index in [1.165, 1.54) is 36.4 Å². The largest absolute Gasteiger partial charge is 0.377 e. The molecule has 0 saturated carbocycles. The molecule has 0 saturated heterocycles. The molecule has 0 atom stereocenters. The number of nitro groups is 1. The van der Waals surface area contributed by atoms with Crippen LogP contribution in [0.2, 0.25) is 10.0 Å². The monoisotopic (exact) mass is 347 g/mol. The molecule has 0 radical (unpaired) electrons. The average molecular weight is 348 g/mol. The van der Waals surface area contributed by atoms with E-state index < -0.39 is 15.0 Å². The summed E-state index contributed by atoms with van der Waals surface area (Å²) in [5.41, 5.74) is -0.359. The molecular formula is C12H7Cl2NO5S. The lowest BCUT2D eigenvalue weighted by Gasteiger charge is -2.08. The van der Waals surface area contributed by atoms with Crippen molar-refractivity contribution < 1.29 is 17.5 Å². The minimum atomic E-state index is -4.24. The summed E-state index contributed by atoms with van der Waals surface area (Å²) in [5, 5.41) is 11.0. The van der Waals surface area contributed by atoms with Crippen LogP contribution < -0.4 is 4.18 Å². The third kappa shape index (κ3) is 3.63. The van der Waals surface area contributed by atoms with Crippen molar-refractivity contribution in [3.8, 4) is 5.75 Å². The number of hydrogen-bond acceptors (Lipinski definition) is 5. The molecule has 0 amide bonds. The summed E-state index contributed by atoms with van der Waals surface area (Å²) in [4.78, 5) is 9.62. The Hall–Kier alpha value is -1.83. The Morgan fingerprint density at radius 2 is 1.81 bits per heavy atom. The quantitative estimate of drug-likeness (QED) is 0.478. The molecule has 0 aliphatic rings. The molecule has 6 nitrogen and oxygen atoms in total. The van der Waals surface area contributed by atoms with Crippen molar-refractivity contribution in [1.82, 2.24) is 0 Å². The molecule has 0 N–H and O–H groups in total. The van der Waals surface area contributed by atoms with Gasteiger partial charge in [0.25, 0.3) is 5.69 Å². The fourth-order valence-electron chi connectivity index (χ4n) is 1.46. The van der Waals surface area contributed by atoms with Crippen molar-refractivity contribution in [3.63, 3.8) is 0 Å². The molecule has 2 aromatic carbocycles. The standard InChI is InChI=1S/C12H7Cl2NO5S/c13-8-4-5-12(11(14)6-8)20-21(18,19)10-3-1-2-9(7-10)15(16)17/h1-7H. The Labute approximate surface area is 130 Å². The lowest BCUT2D eigenvalue weighted by molar-refractivity contribution is -0.385. The van der Waals surface area contributed by atoms with Gasteiger partial charge in [0.1, 0.15) is 4.90 Å². The third-order valence-corrected chi connectivity index (χ3v) is 4.17. The fraction of sp³-hybridized carbons (Fsp3) is 0. The number of benzene rings is 2. The van der Waals surface area contributed by atoms with Gasteiger partial charge >= 0.3 is 10.1 Å².